The van der Waals surface area contributed by atoms with Crippen LogP contribution in [0.5, 0.6) is 0 Å². The van der Waals surface area contributed by atoms with E-state index in [1.54, 1.807) is 41.5 Å². The second kappa shape index (κ2) is 9.42. The van der Waals surface area contributed by atoms with Crippen LogP contribution in [0.25, 0.3) is 23.0 Å². The van der Waals surface area contributed by atoms with Crippen molar-refractivity contribution in [1.29, 1.82) is 5.26 Å². The third kappa shape index (κ3) is 4.86. The second-order valence-corrected chi connectivity index (χ2v) is 7.12. The third-order valence-electron chi connectivity index (χ3n) is 4.84. The summed E-state index contributed by atoms with van der Waals surface area (Å²) in [5, 5.41) is 16.4. The molecule has 168 valence electrons. The highest BCUT2D eigenvalue weighted by atomic mass is 19.4. The summed E-state index contributed by atoms with van der Waals surface area (Å²) in [4.78, 5) is 16.8. The number of amides is 1. The zero-order chi connectivity index (χ0) is 24.1. The van der Waals surface area contributed by atoms with Gasteiger partial charge < -0.3 is 5.32 Å². The molecular formula is C25H16F3N5O. The van der Waals surface area contributed by atoms with Gasteiger partial charge in [-0.25, -0.2) is 4.68 Å². The molecule has 0 aliphatic rings. The van der Waals surface area contributed by atoms with Gasteiger partial charge in [0.25, 0.3) is 5.91 Å². The van der Waals surface area contributed by atoms with E-state index in [0.717, 1.165) is 17.8 Å². The molecule has 4 aromatic rings. The van der Waals surface area contributed by atoms with E-state index in [0.29, 0.717) is 16.8 Å². The van der Waals surface area contributed by atoms with Crippen molar-refractivity contribution in [2.75, 3.05) is 5.32 Å². The average molecular weight is 459 g/mol. The van der Waals surface area contributed by atoms with Crippen molar-refractivity contribution >= 4 is 17.7 Å². The van der Waals surface area contributed by atoms with Crippen LogP contribution < -0.4 is 5.32 Å². The molecule has 2 aromatic carbocycles. The van der Waals surface area contributed by atoms with Gasteiger partial charge in [0.2, 0.25) is 0 Å². The molecular weight excluding hydrogens is 443 g/mol. The first-order chi connectivity index (χ1) is 16.4. The monoisotopic (exact) mass is 459 g/mol. The maximum Gasteiger partial charge on any atom is 0.418 e. The lowest BCUT2D eigenvalue weighted by atomic mass is 10.1. The maximum atomic E-state index is 13.3. The van der Waals surface area contributed by atoms with E-state index < -0.39 is 23.3 Å². The minimum atomic E-state index is -4.66. The quantitative estimate of drug-likeness (QED) is 0.316. The number of nitrogens with zero attached hydrogens (tertiary/aromatic N) is 4. The van der Waals surface area contributed by atoms with Crippen molar-refractivity contribution in [2.24, 2.45) is 0 Å². The van der Waals surface area contributed by atoms with Crippen LogP contribution in [0.4, 0.5) is 18.9 Å². The summed E-state index contributed by atoms with van der Waals surface area (Å²) in [6.07, 6.45) is 1.44. The number of nitriles is 1. The number of alkyl halides is 3. The Morgan fingerprint density at radius 3 is 2.44 bits per heavy atom. The summed E-state index contributed by atoms with van der Waals surface area (Å²) in [7, 11) is 0. The summed E-state index contributed by atoms with van der Waals surface area (Å²) in [6, 6.07) is 19.0. The van der Waals surface area contributed by atoms with Gasteiger partial charge in [0.15, 0.2) is 0 Å². The first-order valence-electron chi connectivity index (χ1n) is 10.0. The molecule has 0 saturated heterocycles. The molecule has 9 heteroatoms. The molecule has 0 bridgehead atoms. The van der Waals surface area contributed by atoms with E-state index in [1.807, 2.05) is 30.3 Å². The molecule has 1 amide bonds. The van der Waals surface area contributed by atoms with E-state index in [1.165, 1.54) is 18.2 Å². The Morgan fingerprint density at radius 2 is 1.76 bits per heavy atom. The summed E-state index contributed by atoms with van der Waals surface area (Å²) >= 11 is 0. The van der Waals surface area contributed by atoms with Gasteiger partial charge in [-0.15, -0.1) is 0 Å². The van der Waals surface area contributed by atoms with Gasteiger partial charge in [-0.3, -0.25) is 9.78 Å². The van der Waals surface area contributed by atoms with Gasteiger partial charge in [0.05, 0.1) is 16.9 Å². The lowest BCUT2D eigenvalue weighted by Crippen LogP contribution is -2.17. The van der Waals surface area contributed by atoms with Gasteiger partial charge in [0, 0.05) is 29.7 Å². The van der Waals surface area contributed by atoms with Crippen LogP contribution in [0.2, 0.25) is 0 Å². The van der Waals surface area contributed by atoms with E-state index in [-0.39, 0.29) is 5.57 Å². The van der Waals surface area contributed by atoms with Gasteiger partial charge in [-0.2, -0.15) is 23.5 Å². The van der Waals surface area contributed by atoms with Crippen molar-refractivity contribution in [1.82, 2.24) is 14.8 Å². The highest BCUT2D eigenvalue weighted by Crippen LogP contribution is 2.35. The summed E-state index contributed by atoms with van der Waals surface area (Å²) in [5.74, 6) is -0.969. The number of rotatable bonds is 5. The molecule has 1 N–H and O–H groups in total. The van der Waals surface area contributed by atoms with Crippen molar-refractivity contribution in [3.63, 3.8) is 0 Å². The zero-order valence-electron chi connectivity index (χ0n) is 17.5. The van der Waals surface area contributed by atoms with E-state index in [4.69, 9.17) is 0 Å². The number of hydrogen-bond donors (Lipinski definition) is 1. The number of halogens is 3. The molecule has 0 aliphatic heterocycles. The van der Waals surface area contributed by atoms with Crippen LogP contribution in [0.3, 0.4) is 0 Å². The normalized spacial score (nSPS) is 11.6. The summed E-state index contributed by atoms with van der Waals surface area (Å²) in [5.41, 5.74) is 0.440. The van der Waals surface area contributed by atoms with E-state index in [2.05, 4.69) is 15.4 Å². The predicted octanol–water partition coefficient (Wildman–Crippen LogP) is 5.50. The number of nitrogens with one attached hydrogen (secondary N) is 1. The molecule has 4 rings (SSSR count). The number of hydrogen-bond acceptors (Lipinski definition) is 4. The molecule has 2 heterocycles. The van der Waals surface area contributed by atoms with Crippen molar-refractivity contribution in [3.05, 3.63) is 102 Å². The summed E-state index contributed by atoms with van der Waals surface area (Å²) in [6.45, 7) is 0. The number of carbonyl (C=O) groups excluding carboxylic acids is 1. The number of carbonyl (C=O) groups is 1. The molecule has 0 fully saturated rings. The zero-order valence-corrected chi connectivity index (χ0v) is 17.5. The molecule has 6 nitrogen and oxygen atoms in total. The van der Waals surface area contributed by atoms with Gasteiger partial charge in [-0.05, 0) is 42.5 Å². The topological polar surface area (TPSA) is 83.6 Å². The van der Waals surface area contributed by atoms with E-state index in [9.17, 15) is 23.2 Å². The van der Waals surface area contributed by atoms with Crippen LogP contribution in [0.15, 0.2) is 90.9 Å². The first-order valence-corrected chi connectivity index (χ1v) is 10.0. The predicted molar refractivity (Wildman–Crippen MR) is 120 cm³/mol. The molecule has 0 aliphatic carbocycles. The van der Waals surface area contributed by atoms with E-state index >= 15 is 0 Å². The fourth-order valence-corrected chi connectivity index (χ4v) is 3.27. The first kappa shape index (κ1) is 22.5. The Kier molecular flexibility index (Phi) is 6.23. The van der Waals surface area contributed by atoms with Crippen LogP contribution in [-0.4, -0.2) is 20.7 Å². The average Bonchev–Trinajstić information content (AvgIpc) is 3.27. The standard InChI is InChI=1S/C25H16F3N5O/c26-25(27,28)21-10-4-5-11-22(21)31-24(34)18(14-29)13-19-16-33(20-8-2-1-3-9-20)32-23(19)17-7-6-12-30-15-17/h1-13,15-16H,(H,31,34)/b18-13+. The molecule has 34 heavy (non-hydrogen) atoms. The molecule has 0 unspecified atom stereocenters. The van der Waals surface area contributed by atoms with Crippen molar-refractivity contribution < 1.29 is 18.0 Å². The van der Waals surface area contributed by atoms with Crippen molar-refractivity contribution in [2.45, 2.75) is 6.18 Å². The molecule has 0 atom stereocenters. The van der Waals surface area contributed by atoms with Crippen LogP contribution >= 0.6 is 0 Å². The van der Waals surface area contributed by atoms with Gasteiger partial charge >= 0.3 is 6.18 Å². The number of benzene rings is 2. The number of anilines is 1. The van der Waals surface area contributed by atoms with Crippen LogP contribution in [0, 0.1) is 11.3 Å². The Hall–Kier alpha value is -4.71. The minimum absolute atomic E-state index is 0.380. The molecule has 0 spiro atoms. The maximum absolute atomic E-state index is 13.3. The number of pyridine rings is 1. The van der Waals surface area contributed by atoms with Crippen LogP contribution in [-0.2, 0) is 11.0 Å². The highest BCUT2D eigenvalue weighted by Gasteiger charge is 2.33. The lowest BCUT2D eigenvalue weighted by molar-refractivity contribution is -0.137. The molecule has 0 saturated carbocycles. The van der Waals surface area contributed by atoms with Gasteiger partial charge in [0.1, 0.15) is 17.3 Å². The van der Waals surface area contributed by atoms with Gasteiger partial charge in [-0.1, -0.05) is 30.3 Å². The molecule has 0 radical (unpaired) electrons. The third-order valence-corrected chi connectivity index (χ3v) is 4.84. The fourth-order valence-electron chi connectivity index (χ4n) is 3.27. The fraction of sp³-hybridized carbons (Fsp3) is 0.0400. The SMILES string of the molecule is N#C/C(=C\c1cn(-c2ccccc2)nc1-c1cccnc1)C(=O)Nc1ccccc1C(F)(F)F. The Balaban J connectivity index is 1.74. The summed E-state index contributed by atoms with van der Waals surface area (Å²) < 4.78 is 41.4. The number of aromatic nitrogens is 3. The Morgan fingerprint density at radius 1 is 1.03 bits per heavy atom. The van der Waals surface area contributed by atoms with Crippen molar-refractivity contribution in [3.8, 4) is 23.0 Å². The smallest absolute Gasteiger partial charge is 0.321 e. The highest BCUT2D eigenvalue weighted by molar-refractivity contribution is 6.10. The molecule has 2 aromatic heterocycles. The largest absolute Gasteiger partial charge is 0.418 e. The minimum Gasteiger partial charge on any atom is -0.321 e. The lowest BCUT2D eigenvalue weighted by Gasteiger charge is -2.13. The number of para-hydroxylation sites is 2. The van der Waals surface area contributed by atoms with Crippen LogP contribution in [0.1, 0.15) is 11.1 Å². The Labute approximate surface area is 192 Å². The second-order valence-electron chi connectivity index (χ2n) is 7.12. The Bertz CT molecular complexity index is 1390.